The second-order valence-electron chi connectivity index (χ2n) is 3.91. The predicted molar refractivity (Wildman–Crippen MR) is 70.9 cm³/mol. The van der Waals surface area contributed by atoms with Crippen LogP contribution in [0.2, 0.25) is 0 Å². The summed E-state index contributed by atoms with van der Waals surface area (Å²) in [5.41, 5.74) is 1.93. The molecular weight excluding hydrogens is 212 g/mol. The fourth-order valence-electron chi connectivity index (χ4n) is 1.45. The number of carbonyl (C=O) groups excluding carboxylic acids is 1. The molecule has 3 heteroatoms. The summed E-state index contributed by atoms with van der Waals surface area (Å²) >= 11 is 0. The van der Waals surface area contributed by atoms with E-state index >= 15 is 0 Å². The van der Waals surface area contributed by atoms with E-state index in [1.807, 2.05) is 31.2 Å². The highest BCUT2D eigenvalue weighted by atomic mass is 16.2. The van der Waals surface area contributed by atoms with Crippen LogP contribution in [0.25, 0.3) is 0 Å². The first-order valence-corrected chi connectivity index (χ1v) is 5.77. The van der Waals surface area contributed by atoms with E-state index in [1.165, 1.54) is 0 Å². The van der Waals surface area contributed by atoms with E-state index in [-0.39, 0.29) is 6.03 Å². The number of hydrogen-bond donors (Lipinski definition) is 2. The zero-order valence-corrected chi connectivity index (χ0v) is 10.1. The SMILES string of the molecule is C#CCCCCNC(=O)Nc1cccc(C)c1. The van der Waals surface area contributed by atoms with Gasteiger partial charge in [0.15, 0.2) is 0 Å². The molecule has 17 heavy (non-hydrogen) atoms. The Labute approximate surface area is 103 Å². The predicted octanol–water partition coefficient (Wildman–Crippen LogP) is 2.92. The molecule has 0 radical (unpaired) electrons. The van der Waals surface area contributed by atoms with Gasteiger partial charge in [0.1, 0.15) is 0 Å². The van der Waals surface area contributed by atoms with E-state index in [1.54, 1.807) is 0 Å². The lowest BCUT2D eigenvalue weighted by atomic mass is 10.2. The minimum absolute atomic E-state index is 0.170. The van der Waals surface area contributed by atoms with Crippen molar-refractivity contribution in [2.24, 2.45) is 0 Å². The molecule has 0 bridgehead atoms. The van der Waals surface area contributed by atoms with Crippen LogP contribution in [-0.2, 0) is 0 Å². The summed E-state index contributed by atoms with van der Waals surface area (Å²) < 4.78 is 0. The summed E-state index contributed by atoms with van der Waals surface area (Å²) in [5, 5.41) is 5.57. The molecule has 0 heterocycles. The number of rotatable bonds is 5. The lowest BCUT2D eigenvalue weighted by Crippen LogP contribution is -2.29. The number of aryl methyl sites for hydroxylation is 1. The fourth-order valence-corrected chi connectivity index (χ4v) is 1.45. The van der Waals surface area contributed by atoms with Crippen LogP contribution in [0.5, 0.6) is 0 Å². The van der Waals surface area contributed by atoms with Crippen molar-refractivity contribution in [3.05, 3.63) is 29.8 Å². The van der Waals surface area contributed by atoms with Gasteiger partial charge in [-0.05, 0) is 37.5 Å². The van der Waals surface area contributed by atoms with Crippen LogP contribution in [0.15, 0.2) is 24.3 Å². The molecule has 90 valence electrons. The van der Waals surface area contributed by atoms with E-state index in [2.05, 4.69) is 16.6 Å². The van der Waals surface area contributed by atoms with Gasteiger partial charge < -0.3 is 10.6 Å². The second-order valence-corrected chi connectivity index (χ2v) is 3.91. The molecule has 0 saturated heterocycles. The number of unbranched alkanes of at least 4 members (excludes halogenated alkanes) is 2. The van der Waals surface area contributed by atoms with Gasteiger partial charge in [0.25, 0.3) is 0 Å². The summed E-state index contributed by atoms with van der Waals surface area (Å²) in [5.74, 6) is 2.57. The second kappa shape index (κ2) is 7.34. The van der Waals surface area contributed by atoms with Gasteiger partial charge in [-0.1, -0.05) is 12.1 Å². The molecule has 0 unspecified atom stereocenters. The summed E-state index contributed by atoms with van der Waals surface area (Å²) in [7, 11) is 0. The van der Waals surface area contributed by atoms with Crippen molar-refractivity contribution >= 4 is 11.7 Å². The quantitative estimate of drug-likeness (QED) is 0.592. The Morgan fingerprint density at radius 3 is 2.94 bits per heavy atom. The first kappa shape index (κ1) is 13.1. The third-order valence-electron chi connectivity index (χ3n) is 2.31. The van der Waals surface area contributed by atoms with Crippen LogP contribution >= 0.6 is 0 Å². The number of anilines is 1. The van der Waals surface area contributed by atoms with Gasteiger partial charge in [-0.15, -0.1) is 12.3 Å². The Hall–Kier alpha value is -1.95. The minimum Gasteiger partial charge on any atom is -0.338 e. The van der Waals surface area contributed by atoms with Crippen molar-refractivity contribution in [1.29, 1.82) is 0 Å². The molecule has 1 aromatic rings. The van der Waals surface area contributed by atoms with Crippen molar-refractivity contribution in [2.75, 3.05) is 11.9 Å². The minimum atomic E-state index is -0.170. The molecule has 3 nitrogen and oxygen atoms in total. The van der Waals surface area contributed by atoms with Crippen molar-refractivity contribution in [2.45, 2.75) is 26.2 Å². The largest absolute Gasteiger partial charge is 0.338 e. The molecule has 0 aliphatic heterocycles. The van der Waals surface area contributed by atoms with Crippen LogP contribution in [0, 0.1) is 19.3 Å². The number of benzene rings is 1. The first-order valence-electron chi connectivity index (χ1n) is 5.77. The van der Waals surface area contributed by atoms with Crippen LogP contribution in [0.4, 0.5) is 10.5 Å². The summed E-state index contributed by atoms with van der Waals surface area (Å²) in [6.45, 7) is 2.64. The van der Waals surface area contributed by atoms with E-state index in [9.17, 15) is 4.79 Å². The standard InChI is InChI=1S/C14H18N2O/c1-3-4-5-6-10-15-14(17)16-13-9-7-8-12(2)11-13/h1,7-9,11H,4-6,10H2,2H3,(H2,15,16,17). The van der Waals surface area contributed by atoms with E-state index in [4.69, 9.17) is 6.42 Å². The van der Waals surface area contributed by atoms with Gasteiger partial charge >= 0.3 is 6.03 Å². The number of urea groups is 1. The Balaban J connectivity index is 2.23. The summed E-state index contributed by atoms with van der Waals surface area (Å²) in [6.07, 6.45) is 7.76. The molecule has 0 aromatic heterocycles. The topological polar surface area (TPSA) is 41.1 Å². The van der Waals surface area contributed by atoms with E-state index in [0.29, 0.717) is 6.54 Å². The maximum absolute atomic E-state index is 11.5. The highest BCUT2D eigenvalue weighted by Gasteiger charge is 2.00. The number of amides is 2. The maximum Gasteiger partial charge on any atom is 0.319 e. The van der Waals surface area contributed by atoms with Crippen LogP contribution in [0.3, 0.4) is 0 Å². The maximum atomic E-state index is 11.5. The monoisotopic (exact) mass is 230 g/mol. The number of terminal acetylenes is 1. The van der Waals surface area contributed by atoms with Gasteiger partial charge in [0.2, 0.25) is 0 Å². The number of hydrogen-bond acceptors (Lipinski definition) is 1. The third-order valence-corrected chi connectivity index (χ3v) is 2.31. The lowest BCUT2D eigenvalue weighted by Gasteiger charge is -2.07. The molecule has 0 aliphatic rings. The summed E-state index contributed by atoms with van der Waals surface area (Å²) in [4.78, 5) is 11.5. The van der Waals surface area contributed by atoms with Gasteiger partial charge in [-0.25, -0.2) is 4.79 Å². The highest BCUT2D eigenvalue weighted by molar-refractivity contribution is 5.89. The smallest absolute Gasteiger partial charge is 0.319 e. The van der Waals surface area contributed by atoms with Gasteiger partial charge in [0, 0.05) is 18.7 Å². The third kappa shape index (κ3) is 5.62. The molecule has 0 fully saturated rings. The molecule has 1 rings (SSSR count). The van der Waals surface area contributed by atoms with Crippen LogP contribution < -0.4 is 10.6 Å². The summed E-state index contributed by atoms with van der Waals surface area (Å²) in [6, 6.07) is 7.53. The van der Waals surface area contributed by atoms with E-state index < -0.39 is 0 Å². The van der Waals surface area contributed by atoms with Gasteiger partial charge in [-0.2, -0.15) is 0 Å². The van der Waals surface area contributed by atoms with Gasteiger partial charge in [-0.3, -0.25) is 0 Å². The fraction of sp³-hybridized carbons (Fsp3) is 0.357. The zero-order valence-electron chi connectivity index (χ0n) is 10.1. The molecule has 2 amide bonds. The Kier molecular flexibility index (Phi) is 5.67. The molecule has 0 aliphatic carbocycles. The molecule has 0 saturated carbocycles. The molecule has 2 N–H and O–H groups in total. The lowest BCUT2D eigenvalue weighted by molar-refractivity contribution is 0.252. The highest BCUT2D eigenvalue weighted by Crippen LogP contribution is 2.08. The first-order chi connectivity index (χ1) is 8.22. The normalized spacial score (nSPS) is 9.41. The van der Waals surface area contributed by atoms with Crippen molar-refractivity contribution in [1.82, 2.24) is 5.32 Å². The van der Waals surface area contributed by atoms with E-state index in [0.717, 1.165) is 30.5 Å². The molecule has 0 atom stereocenters. The Morgan fingerprint density at radius 1 is 1.41 bits per heavy atom. The van der Waals surface area contributed by atoms with Gasteiger partial charge in [0.05, 0.1) is 0 Å². The average Bonchev–Trinajstić information content (AvgIpc) is 2.29. The van der Waals surface area contributed by atoms with Crippen LogP contribution in [0.1, 0.15) is 24.8 Å². The molecule has 1 aromatic carbocycles. The average molecular weight is 230 g/mol. The number of nitrogens with one attached hydrogen (secondary N) is 2. The Bertz CT molecular complexity index is 407. The zero-order chi connectivity index (χ0) is 12.5. The molecule has 0 spiro atoms. The Morgan fingerprint density at radius 2 is 2.24 bits per heavy atom. The number of carbonyl (C=O) groups is 1. The van der Waals surface area contributed by atoms with Crippen LogP contribution in [-0.4, -0.2) is 12.6 Å². The molecular formula is C14H18N2O. The van der Waals surface area contributed by atoms with Crippen molar-refractivity contribution < 1.29 is 4.79 Å². The van der Waals surface area contributed by atoms with Crippen molar-refractivity contribution in [3.8, 4) is 12.3 Å². The van der Waals surface area contributed by atoms with Crippen molar-refractivity contribution in [3.63, 3.8) is 0 Å².